The monoisotopic (exact) mass is 345 g/mol. The van der Waals surface area contributed by atoms with Gasteiger partial charge in [0.15, 0.2) is 6.10 Å². The molecular formula is C18H20FN3O3. The largest absolute Gasteiger partial charge is 0.481 e. The Labute approximate surface area is 144 Å². The number of nitrogens with one attached hydrogen (secondary N) is 1. The molecule has 2 aromatic rings. The molecule has 1 N–H and O–H groups in total. The minimum absolute atomic E-state index is 0.116. The molecule has 1 aromatic heterocycles. The predicted octanol–water partition coefficient (Wildman–Crippen LogP) is 1.84. The molecule has 0 bridgehead atoms. The molecule has 1 aliphatic carbocycles. The van der Waals surface area contributed by atoms with Crippen molar-refractivity contribution in [3.05, 3.63) is 58.5 Å². The highest BCUT2D eigenvalue weighted by atomic mass is 19.1. The van der Waals surface area contributed by atoms with Gasteiger partial charge < -0.3 is 10.1 Å². The number of aromatic nitrogens is 2. The zero-order valence-corrected chi connectivity index (χ0v) is 13.9. The molecule has 0 saturated heterocycles. The van der Waals surface area contributed by atoms with Crippen LogP contribution >= 0.6 is 0 Å². The summed E-state index contributed by atoms with van der Waals surface area (Å²) in [4.78, 5) is 28.3. The first kappa shape index (κ1) is 17.1. The summed E-state index contributed by atoms with van der Waals surface area (Å²) in [6.45, 7) is 2.19. The minimum Gasteiger partial charge on any atom is -0.481 e. The van der Waals surface area contributed by atoms with Crippen LogP contribution in [0, 0.1) is 5.82 Å². The van der Waals surface area contributed by atoms with Crippen LogP contribution < -0.4 is 15.6 Å². The molecule has 25 heavy (non-hydrogen) atoms. The van der Waals surface area contributed by atoms with Crippen LogP contribution in [-0.4, -0.2) is 28.1 Å². The molecule has 3 rings (SSSR count). The van der Waals surface area contributed by atoms with Crippen molar-refractivity contribution in [2.45, 2.75) is 38.3 Å². The Balaban J connectivity index is 1.48. The van der Waals surface area contributed by atoms with Crippen molar-refractivity contribution in [3.63, 3.8) is 0 Å². The fourth-order valence-electron chi connectivity index (χ4n) is 2.45. The van der Waals surface area contributed by atoms with Gasteiger partial charge in [0.25, 0.3) is 11.5 Å². The molecule has 1 aromatic carbocycles. The lowest BCUT2D eigenvalue weighted by Crippen LogP contribution is -2.38. The maximum atomic E-state index is 13.1. The molecule has 1 heterocycles. The van der Waals surface area contributed by atoms with Crippen LogP contribution in [0.25, 0.3) is 0 Å². The third-order valence-corrected chi connectivity index (χ3v) is 4.03. The second-order valence-electron chi connectivity index (χ2n) is 6.13. The lowest BCUT2D eigenvalue weighted by molar-refractivity contribution is -0.127. The highest BCUT2D eigenvalue weighted by molar-refractivity contribution is 5.80. The van der Waals surface area contributed by atoms with E-state index in [9.17, 15) is 14.0 Å². The Hall–Kier alpha value is -2.70. The van der Waals surface area contributed by atoms with E-state index in [2.05, 4.69) is 10.3 Å². The van der Waals surface area contributed by atoms with Crippen LogP contribution in [0.2, 0.25) is 0 Å². The van der Waals surface area contributed by atoms with Gasteiger partial charge in [-0.25, -0.2) is 9.37 Å². The van der Waals surface area contributed by atoms with E-state index in [0.29, 0.717) is 18.2 Å². The predicted molar refractivity (Wildman–Crippen MR) is 90.0 cm³/mol. The van der Waals surface area contributed by atoms with E-state index in [-0.39, 0.29) is 18.0 Å². The SMILES string of the molecule is C[C@H](Oc1cccc(F)c1)C(=O)NCCn1cnc(C2CC2)cc1=O. The van der Waals surface area contributed by atoms with E-state index in [1.54, 1.807) is 19.1 Å². The van der Waals surface area contributed by atoms with Crippen molar-refractivity contribution in [2.24, 2.45) is 0 Å². The van der Waals surface area contributed by atoms with Crippen molar-refractivity contribution in [1.82, 2.24) is 14.9 Å². The highest BCUT2D eigenvalue weighted by Crippen LogP contribution is 2.38. The van der Waals surface area contributed by atoms with Gasteiger partial charge in [0.2, 0.25) is 0 Å². The molecular weight excluding hydrogens is 325 g/mol. The number of hydrogen-bond donors (Lipinski definition) is 1. The molecule has 0 radical (unpaired) electrons. The van der Waals surface area contributed by atoms with Crippen molar-refractivity contribution < 1.29 is 13.9 Å². The summed E-state index contributed by atoms with van der Waals surface area (Å²) < 4.78 is 20.0. The maximum Gasteiger partial charge on any atom is 0.260 e. The second kappa shape index (κ2) is 7.46. The molecule has 0 aliphatic heterocycles. The minimum atomic E-state index is -0.770. The fourth-order valence-corrected chi connectivity index (χ4v) is 2.45. The summed E-state index contributed by atoms with van der Waals surface area (Å²) in [5.41, 5.74) is 0.734. The molecule has 1 saturated carbocycles. The zero-order chi connectivity index (χ0) is 17.8. The summed E-state index contributed by atoms with van der Waals surface area (Å²) in [5, 5.41) is 2.70. The number of carbonyl (C=O) groups is 1. The summed E-state index contributed by atoms with van der Waals surface area (Å²) >= 11 is 0. The average molecular weight is 345 g/mol. The van der Waals surface area contributed by atoms with Crippen molar-refractivity contribution >= 4 is 5.91 Å². The number of carbonyl (C=O) groups excluding carboxylic acids is 1. The quantitative estimate of drug-likeness (QED) is 0.831. The Bertz CT molecular complexity index is 817. The van der Waals surface area contributed by atoms with Crippen molar-refractivity contribution in [3.8, 4) is 5.75 Å². The number of benzene rings is 1. The summed E-state index contributed by atoms with van der Waals surface area (Å²) in [5.74, 6) is -0.0342. The third-order valence-electron chi connectivity index (χ3n) is 4.03. The van der Waals surface area contributed by atoms with Crippen LogP contribution in [0.3, 0.4) is 0 Å². The van der Waals surface area contributed by atoms with Gasteiger partial charge in [-0.05, 0) is 31.9 Å². The van der Waals surface area contributed by atoms with Gasteiger partial charge in [-0.1, -0.05) is 6.07 Å². The van der Waals surface area contributed by atoms with E-state index in [1.807, 2.05) is 0 Å². The van der Waals surface area contributed by atoms with Crippen LogP contribution in [0.1, 0.15) is 31.4 Å². The van der Waals surface area contributed by atoms with Crippen LogP contribution in [0.5, 0.6) is 5.75 Å². The van der Waals surface area contributed by atoms with Crippen molar-refractivity contribution in [2.75, 3.05) is 6.54 Å². The average Bonchev–Trinajstić information content (AvgIpc) is 3.41. The number of hydrogen-bond acceptors (Lipinski definition) is 4. The Kier molecular flexibility index (Phi) is 5.11. The van der Waals surface area contributed by atoms with Crippen LogP contribution in [0.4, 0.5) is 4.39 Å². The molecule has 1 amide bonds. The first-order valence-corrected chi connectivity index (χ1v) is 8.29. The third kappa shape index (κ3) is 4.65. The number of amides is 1. The summed E-state index contributed by atoms with van der Waals surface area (Å²) in [7, 11) is 0. The first-order chi connectivity index (χ1) is 12.0. The van der Waals surface area contributed by atoms with E-state index in [1.165, 1.54) is 29.1 Å². The van der Waals surface area contributed by atoms with Gasteiger partial charge >= 0.3 is 0 Å². The number of nitrogens with zero attached hydrogens (tertiary/aromatic N) is 2. The highest BCUT2D eigenvalue weighted by Gasteiger charge is 2.25. The molecule has 1 fully saturated rings. The standard InChI is InChI=1S/C18H20FN3O3/c1-12(25-15-4-2-3-14(19)9-15)18(24)20-7-8-22-11-21-16(10-17(22)23)13-5-6-13/h2-4,9-13H,5-8H2,1H3,(H,20,24)/t12-/m0/s1. The molecule has 0 unspecified atom stereocenters. The molecule has 132 valence electrons. The van der Waals surface area contributed by atoms with Gasteiger partial charge in [-0.3, -0.25) is 14.2 Å². The van der Waals surface area contributed by atoms with E-state index < -0.39 is 11.9 Å². The van der Waals surface area contributed by atoms with E-state index in [4.69, 9.17) is 4.74 Å². The maximum absolute atomic E-state index is 13.1. The number of rotatable bonds is 7. The Morgan fingerprint density at radius 1 is 1.44 bits per heavy atom. The van der Waals surface area contributed by atoms with Gasteiger partial charge in [-0.15, -0.1) is 0 Å². The first-order valence-electron chi connectivity index (χ1n) is 8.29. The number of halogens is 1. The second-order valence-corrected chi connectivity index (χ2v) is 6.13. The normalized spacial score (nSPS) is 14.8. The summed E-state index contributed by atoms with van der Waals surface area (Å²) in [6.07, 6.45) is 2.94. The molecule has 7 heteroatoms. The van der Waals surface area contributed by atoms with Crippen LogP contribution in [-0.2, 0) is 11.3 Å². The molecule has 1 aliphatic rings. The molecule has 1 atom stereocenters. The Morgan fingerprint density at radius 2 is 2.24 bits per heavy atom. The zero-order valence-electron chi connectivity index (χ0n) is 13.9. The van der Waals surface area contributed by atoms with E-state index >= 15 is 0 Å². The van der Waals surface area contributed by atoms with E-state index in [0.717, 1.165) is 18.5 Å². The van der Waals surface area contributed by atoms with Gasteiger partial charge in [-0.2, -0.15) is 0 Å². The van der Waals surface area contributed by atoms with Crippen LogP contribution in [0.15, 0.2) is 41.5 Å². The summed E-state index contributed by atoms with van der Waals surface area (Å²) in [6, 6.07) is 7.18. The smallest absolute Gasteiger partial charge is 0.260 e. The molecule has 6 nitrogen and oxygen atoms in total. The Morgan fingerprint density at radius 3 is 2.92 bits per heavy atom. The van der Waals surface area contributed by atoms with Gasteiger partial charge in [0.05, 0.1) is 12.0 Å². The molecule has 0 spiro atoms. The lowest BCUT2D eigenvalue weighted by atomic mass is 10.3. The van der Waals surface area contributed by atoms with Gasteiger partial charge in [0, 0.05) is 31.1 Å². The number of ether oxygens (including phenoxy) is 1. The van der Waals surface area contributed by atoms with Crippen molar-refractivity contribution in [1.29, 1.82) is 0 Å². The van der Waals surface area contributed by atoms with Gasteiger partial charge in [0.1, 0.15) is 11.6 Å². The lowest BCUT2D eigenvalue weighted by Gasteiger charge is -2.15. The topological polar surface area (TPSA) is 73.2 Å². The fraction of sp³-hybridized carbons (Fsp3) is 0.389.